The molecule has 0 aliphatic carbocycles. The van der Waals surface area contributed by atoms with Gasteiger partial charge < -0.3 is 10.0 Å². The second-order valence-electron chi connectivity index (χ2n) is 8.24. The average Bonchev–Trinajstić information content (AvgIpc) is 2.87. The van der Waals surface area contributed by atoms with E-state index in [-0.39, 0.29) is 17.2 Å². The predicted molar refractivity (Wildman–Crippen MR) is 117 cm³/mol. The normalized spacial score (nSPS) is 15.9. The Morgan fingerprint density at radius 1 is 1.16 bits per heavy atom. The van der Waals surface area contributed by atoms with Crippen LogP contribution >= 0.6 is 12.2 Å². The molecular weight excluding hydrogens is 443 g/mol. The van der Waals surface area contributed by atoms with Crippen molar-refractivity contribution in [1.29, 1.82) is 5.26 Å². The summed E-state index contributed by atoms with van der Waals surface area (Å²) in [4.78, 5) is 26.4. The van der Waals surface area contributed by atoms with E-state index in [9.17, 15) is 22.8 Å². The number of anilines is 1. The maximum atomic E-state index is 13.4. The van der Waals surface area contributed by atoms with Crippen LogP contribution < -0.4 is 4.90 Å². The summed E-state index contributed by atoms with van der Waals surface area (Å²) in [7, 11) is 0. The smallest absolute Gasteiger partial charge is 0.417 e. The van der Waals surface area contributed by atoms with Crippen LogP contribution in [0.15, 0.2) is 18.2 Å². The Kier molecular flexibility index (Phi) is 8.24. The van der Waals surface area contributed by atoms with E-state index in [1.54, 1.807) is 18.7 Å². The Labute approximate surface area is 190 Å². The first kappa shape index (κ1) is 25.6. The van der Waals surface area contributed by atoms with Gasteiger partial charge in [-0.05, 0) is 57.1 Å². The molecule has 0 unspecified atom stereocenters. The number of hydrogen-bond donors (Lipinski definition) is 1. The number of hydrogen-bond acceptors (Lipinski definition) is 4. The molecule has 1 N–H and O–H groups in total. The van der Waals surface area contributed by atoms with Crippen molar-refractivity contribution in [2.24, 2.45) is 0 Å². The number of nitrogens with zero attached hydrogens (tertiary/aromatic N) is 3. The zero-order valence-electron chi connectivity index (χ0n) is 18.0. The van der Waals surface area contributed by atoms with Crippen molar-refractivity contribution in [3.8, 4) is 6.07 Å². The summed E-state index contributed by atoms with van der Waals surface area (Å²) in [5.41, 5.74) is -2.64. The third-order valence-corrected chi connectivity index (χ3v) is 5.94. The standard InChI is InChI=1S/C22H26F3N3O3S/c1-21(2)19(31)28(16-11-10-15(14-26)17(13-16)22(23,24)25)20(32)27(21)12-8-6-4-3-5-7-9-18(29)30/h10-11,13H,3-9,12H2,1-2H3,(H,29,30). The SMILES string of the molecule is CC1(C)C(=O)N(c2ccc(C#N)c(C(F)(F)F)c2)C(=S)N1CCCCCCCCC(=O)O. The highest BCUT2D eigenvalue weighted by Crippen LogP contribution is 2.37. The first-order valence-electron chi connectivity index (χ1n) is 10.4. The molecule has 10 heteroatoms. The van der Waals surface area contributed by atoms with E-state index >= 15 is 0 Å². The monoisotopic (exact) mass is 469 g/mol. The van der Waals surface area contributed by atoms with Crippen LogP contribution in [0.4, 0.5) is 18.9 Å². The number of thiocarbonyl (C=S) groups is 1. The number of alkyl halides is 3. The number of halogens is 3. The minimum absolute atomic E-state index is 0.0136. The van der Waals surface area contributed by atoms with Crippen LogP contribution in [0.2, 0.25) is 0 Å². The fourth-order valence-corrected chi connectivity index (χ4v) is 4.20. The van der Waals surface area contributed by atoms with Crippen LogP contribution in [-0.2, 0) is 15.8 Å². The lowest BCUT2D eigenvalue weighted by Gasteiger charge is -2.29. The minimum atomic E-state index is -4.73. The lowest BCUT2D eigenvalue weighted by atomic mass is 10.0. The summed E-state index contributed by atoms with van der Waals surface area (Å²) < 4.78 is 40.1. The Bertz CT molecular complexity index is 925. The largest absolute Gasteiger partial charge is 0.481 e. The van der Waals surface area contributed by atoms with Crippen LogP contribution in [0.3, 0.4) is 0 Å². The first-order chi connectivity index (χ1) is 14.9. The zero-order valence-corrected chi connectivity index (χ0v) is 18.9. The van der Waals surface area contributed by atoms with Gasteiger partial charge in [-0.2, -0.15) is 18.4 Å². The molecule has 32 heavy (non-hydrogen) atoms. The fourth-order valence-electron chi connectivity index (χ4n) is 3.70. The molecule has 1 aliphatic rings. The minimum Gasteiger partial charge on any atom is -0.481 e. The molecule has 0 bridgehead atoms. The van der Waals surface area contributed by atoms with Gasteiger partial charge in [0, 0.05) is 13.0 Å². The van der Waals surface area contributed by atoms with E-state index < -0.39 is 34.7 Å². The second kappa shape index (κ2) is 10.3. The Hall–Kier alpha value is -2.67. The number of carbonyl (C=O) groups excluding carboxylic acids is 1. The number of carboxylic acids is 1. The molecule has 2 rings (SSSR count). The molecule has 1 heterocycles. The van der Waals surface area contributed by atoms with Crippen LogP contribution in [0, 0.1) is 11.3 Å². The lowest BCUT2D eigenvalue weighted by molar-refractivity contribution is -0.138. The van der Waals surface area contributed by atoms with Crippen LogP contribution in [0.5, 0.6) is 0 Å². The van der Waals surface area contributed by atoms with E-state index in [0.29, 0.717) is 13.0 Å². The molecule has 1 fully saturated rings. The van der Waals surface area contributed by atoms with Gasteiger partial charge in [0.1, 0.15) is 5.54 Å². The molecule has 0 aromatic heterocycles. The summed E-state index contributed by atoms with van der Waals surface area (Å²) in [5.74, 6) is -1.22. The maximum Gasteiger partial charge on any atom is 0.417 e. The molecule has 1 aromatic rings. The van der Waals surface area contributed by atoms with E-state index in [1.807, 2.05) is 0 Å². The number of benzene rings is 1. The van der Waals surface area contributed by atoms with E-state index in [1.165, 1.54) is 12.1 Å². The van der Waals surface area contributed by atoms with Crippen LogP contribution in [0.1, 0.15) is 69.9 Å². The quantitative estimate of drug-likeness (QED) is 0.379. The molecule has 1 amide bonds. The number of nitriles is 1. The van der Waals surface area contributed by atoms with Gasteiger partial charge in [0.05, 0.1) is 22.9 Å². The van der Waals surface area contributed by atoms with Crippen molar-refractivity contribution >= 4 is 34.9 Å². The van der Waals surface area contributed by atoms with Crippen molar-refractivity contribution < 1.29 is 27.9 Å². The van der Waals surface area contributed by atoms with E-state index in [2.05, 4.69) is 0 Å². The van der Waals surface area contributed by atoms with Gasteiger partial charge in [-0.3, -0.25) is 14.5 Å². The number of amides is 1. The van der Waals surface area contributed by atoms with Crippen molar-refractivity contribution in [2.45, 2.75) is 70.5 Å². The number of aliphatic carboxylic acids is 1. The third kappa shape index (κ3) is 5.76. The second-order valence-corrected chi connectivity index (χ2v) is 8.60. The van der Waals surface area contributed by atoms with Crippen molar-refractivity contribution in [3.63, 3.8) is 0 Å². The summed E-state index contributed by atoms with van der Waals surface area (Å²) in [5, 5.41) is 17.8. The van der Waals surface area contributed by atoms with Gasteiger partial charge in [-0.25, -0.2) is 0 Å². The molecule has 1 saturated heterocycles. The molecule has 1 aromatic carbocycles. The van der Waals surface area contributed by atoms with Gasteiger partial charge >= 0.3 is 12.1 Å². The average molecular weight is 470 g/mol. The molecule has 6 nitrogen and oxygen atoms in total. The fraction of sp³-hybridized carbons (Fsp3) is 0.545. The van der Waals surface area contributed by atoms with Gasteiger partial charge in [-0.1, -0.05) is 25.7 Å². The van der Waals surface area contributed by atoms with Gasteiger partial charge in [0.25, 0.3) is 5.91 Å². The molecular formula is C22H26F3N3O3S. The van der Waals surface area contributed by atoms with Crippen LogP contribution in [0.25, 0.3) is 0 Å². The van der Waals surface area contributed by atoms with E-state index in [4.69, 9.17) is 22.6 Å². The van der Waals surface area contributed by atoms with Crippen molar-refractivity contribution in [3.05, 3.63) is 29.3 Å². The number of unbranched alkanes of at least 4 members (excludes halogenated alkanes) is 5. The maximum absolute atomic E-state index is 13.4. The molecule has 0 atom stereocenters. The van der Waals surface area contributed by atoms with Crippen molar-refractivity contribution in [2.75, 3.05) is 11.4 Å². The summed E-state index contributed by atoms with van der Waals surface area (Å²) in [6.45, 7) is 3.84. The molecule has 0 radical (unpaired) electrons. The highest BCUT2D eigenvalue weighted by atomic mass is 32.1. The number of carbonyl (C=O) groups is 2. The highest BCUT2D eigenvalue weighted by molar-refractivity contribution is 7.80. The van der Waals surface area contributed by atoms with Crippen LogP contribution in [-0.4, -0.2) is 39.1 Å². The lowest BCUT2D eigenvalue weighted by Crippen LogP contribution is -2.44. The molecule has 174 valence electrons. The first-order valence-corrected chi connectivity index (χ1v) is 10.8. The molecule has 0 saturated carbocycles. The number of carboxylic acid groups (broad SMARTS) is 1. The molecule has 1 aliphatic heterocycles. The Morgan fingerprint density at radius 3 is 2.31 bits per heavy atom. The zero-order chi connectivity index (χ0) is 24.1. The predicted octanol–water partition coefficient (Wildman–Crippen LogP) is 5.10. The highest BCUT2D eigenvalue weighted by Gasteiger charge is 2.49. The summed E-state index contributed by atoms with van der Waals surface area (Å²) in [6.07, 6.45) is 0.362. The molecule has 0 spiro atoms. The topological polar surface area (TPSA) is 84.6 Å². The van der Waals surface area contributed by atoms with Gasteiger partial charge in [0.2, 0.25) is 0 Å². The Morgan fingerprint density at radius 2 is 1.75 bits per heavy atom. The number of rotatable bonds is 10. The summed E-state index contributed by atoms with van der Waals surface area (Å²) in [6, 6.07) is 4.67. The third-order valence-electron chi connectivity index (χ3n) is 5.53. The Balaban J connectivity index is 2.06. The van der Waals surface area contributed by atoms with E-state index in [0.717, 1.165) is 49.1 Å². The summed E-state index contributed by atoms with van der Waals surface area (Å²) >= 11 is 5.46. The van der Waals surface area contributed by atoms with Gasteiger partial charge in [0.15, 0.2) is 5.11 Å². The van der Waals surface area contributed by atoms with Gasteiger partial charge in [-0.15, -0.1) is 0 Å². The van der Waals surface area contributed by atoms with Crippen molar-refractivity contribution in [1.82, 2.24) is 4.90 Å².